The molecule has 1 amide bonds. The minimum Gasteiger partial charge on any atom is -0.482 e. The Labute approximate surface area is 161 Å². The number of esters is 1. The van der Waals surface area contributed by atoms with Crippen molar-refractivity contribution in [2.45, 2.75) is 33.1 Å². The van der Waals surface area contributed by atoms with Crippen LogP contribution in [0, 0.1) is 25.2 Å². The molecule has 27 heavy (non-hydrogen) atoms. The Morgan fingerprint density at radius 3 is 2.63 bits per heavy atom. The number of nitrogens with one attached hydrogen (secondary N) is 1. The van der Waals surface area contributed by atoms with Crippen LogP contribution in [0.2, 0.25) is 0 Å². The van der Waals surface area contributed by atoms with Gasteiger partial charge in [0.15, 0.2) is 13.2 Å². The number of carbonyl (C=O) groups is 2. The van der Waals surface area contributed by atoms with Gasteiger partial charge in [-0.15, -0.1) is 11.3 Å². The minimum atomic E-state index is -0.626. The molecule has 7 heteroatoms. The zero-order valence-corrected chi connectivity index (χ0v) is 16.1. The van der Waals surface area contributed by atoms with Gasteiger partial charge < -0.3 is 14.8 Å². The number of thiophene rings is 1. The second kappa shape index (κ2) is 8.23. The fourth-order valence-electron chi connectivity index (χ4n) is 3.12. The molecular weight excluding hydrogens is 364 g/mol. The summed E-state index contributed by atoms with van der Waals surface area (Å²) in [4.78, 5) is 25.0. The van der Waals surface area contributed by atoms with Gasteiger partial charge in [-0.1, -0.05) is 6.07 Å². The summed E-state index contributed by atoms with van der Waals surface area (Å²) in [6.07, 6.45) is 2.85. The molecule has 0 saturated carbocycles. The summed E-state index contributed by atoms with van der Waals surface area (Å²) < 4.78 is 10.4. The van der Waals surface area contributed by atoms with E-state index in [2.05, 4.69) is 11.4 Å². The van der Waals surface area contributed by atoms with Crippen LogP contribution in [0.4, 0.5) is 5.00 Å². The van der Waals surface area contributed by atoms with Gasteiger partial charge in [0, 0.05) is 4.88 Å². The average Bonchev–Trinajstić information content (AvgIpc) is 3.18. The largest absolute Gasteiger partial charge is 0.482 e. The molecule has 0 saturated heterocycles. The van der Waals surface area contributed by atoms with Crippen LogP contribution < -0.4 is 10.1 Å². The lowest BCUT2D eigenvalue weighted by Gasteiger charge is -2.09. The Balaban J connectivity index is 1.48. The van der Waals surface area contributed by atoms with Crippen molar-refractivity contribution in [3.8, 4) is 11.8 Å². The number of fused-ring (bicyclic) bond motifs is 1. The highest BCUT2D eigenvalue weighted by Crippen LogP contribution is 2.38. The molecule has 1 aliphatic rings. The molecule has 140 valence electrons. The number of nitriles is 1. The van der Waals surface area contributed by atoms with Gasteiger partial charge in [0.1, 0.15) is 16.8 Å². The predicted molar refractivity (Wildman–Crippen MR) is 102 cm³/mol. The summed E-state index contributed by atoms with van der Waals surface area (Å²) in [5.74, 6) is -0.509. The van der Waals surface area contributed by atoms with E-state index in [1.54, 1.807) is 0 Å². The van der Waals surface area contributed by atoms with Crippen LogP contribution in [0.1, 0.15) is 33.6 Å². The topological polar surface area (TPSA) is 88.4 Å². The van der Waals surface area contributed by atoms with Gasteiger partial charge in [0.2, 0.25) is 0 Å². The Bertz CT molecular complexity index is 907. The molecule has 0 unspecified atom stereocenters. The second-order valence-electron chi connectivity index (χ2n) is 6.49. The fourth-order valence-corrected chi connectivity index (χ4v) is 4.38. The van der Waals surface area contributed by atoms with Gasteiger partial charge in [0.05, 0.1) is 5.56 Å². The summed E-state index contributed by atoms with van der Waals surface area (Å²) in [7, 11) is 0. The highest BCUT2D eigenvalue weighted by molar-refractivity contribution is 7.16. The van der Waals surface area contributed by atoms with E-state index in [0.29, 0.717) is 16.3 Å². The Hall–Kier alpha value is -2.85. The monoisotopic (exact) mass is 384 g/mol. The third-order valence-corrected chi connectivity index (χ3v) is 5.41. The first kappa shape index (κ1) is 18.9. The third kappa shape index (κ3) is 4.66. The number of carbonyl (C=O) groups excluding carboxylic acids is 2. The van der Waals surface area contributed by atoms with Crippen molar-refractivity contribution >= 4 is 28.2 Å². The minimum absolute atomic E-state index is 0.271. The van der Waals surface area contributed by atoms with E-state index in [9.17, 15) is 14.9 Å². The number of amides is 1. The van der Waals surface area contributed by atoms with E-state index in [0.717, 1.165) is 40.8 Å². The van der Waals surface area contributed by atoms with E-state index in [-0.39, 0.29) is 6.61 Å². The molecule has 0 bridgehead atoms. The van der Waals surface area contributed by atoms with Gasteiger partial charge >= 0.3 is 5.97 Å². The molecule has 1 heterocycles. The van der Waals surface area contributed by atoms with Crippen LogP contribution in [0.5, 0.6) is 5.75 Å². The number of anilines is 1. The molecule has 3 rings (SSSR count). The number of hydrogen-bond donors (Lipinski definition) is 1. The summed E-state index contributed by atoms with van der Waals surface area (Å²) in [5, 5.41) is 12.5. The van der Waals surface area contributed by atoms with E-state index >= 15 is 0 Å². The van der Waals surface area contributed by atoms with Crippen molar-refractivity contribution in [1.29, 1.82) is 5.26 Å². The summed E-state index contributed by atoms with van der Waals surface area (Å²) >= 11 is 1.43. The van der Waals surface area contributed by atoms with Gasteiger partial charge in [-0.3, -0.25) is 4.79 Å². The van der Waals surface area contributed by atoms with Crippen LogP contribution in [0.3, 0.4) is 0 Å². The van der Waals surface area contributed by atoms with E-state index in [4.69, 9.17) is 9.47 Å². The lowest BCUT2D eigenvalue weighted by molar-refractivity contribution is -0.149. The van der Waals surface area contributed by atoms with E-state index < -0.39 is 18.5 Å². The van der Waals surface area contributed by atoms with Crippen molar-refractivity contribution in [2.75, 3.05) is 18.5 Å². The molecule has 1 aromatic carbocycles. The number of ether oxygens (including phenoxy) is 2. The number of nitrogens with zero attached hydrogens (tertiary/aromatic N) is 1. The molecule has 6 nitrogen and oxygen atoms in total. The SMILES string of the molecule is Cc1cc(C)cc(OCC(=O)OCC(=O)Nc2sc3c(c2C#N)CCC3)c1. The Morgan fingerprint density at radius 1 is 1.19 bits per heavy atom. The summed E-state index contributed by atoms with van der Waals surface area (Å²) in [5.41, 5.74) is 3.64. The normalized spacial score (nSPS) is 12.2. The van der Waals surface area contributed by atoms with E-state index in [1.807, 2.05) is 32.0 Å². The Morgan fingerprint density at radius 2 is 1.93 bits per heavy atom. The van der Waals surface area contributed by atoms with Crippen molar-refractivity contribution in [2.24, 2.45) is 0 Å². The summed E-state index contributed by atoms with van der Waals surface area (Å²) in [6, 6.07) is 7.82. The quantitative estimate of drug-likeness (QED) is 0.772. The maximum Gasteiger partial charge on any atom is 0.344 e. The molecule has 1 N–H and O–H groups in total. The zero-order valence-electron chi connectivity index (χ0n) is 15.3. The van der Waals surface area contributed by atoms with Crippen LogP contribution in [-0.2, 0) is 27.2 Å². The molecule has 0 radical (unpaired) electrons. The standard InChI is InChI=1S/C20H20N2O4S/c1-12-6-13(2)8-14(7-12)25-11-19(24)26-10-18(23)22-20-16(9-21)15-4-3-5-17(15)27-20/h6-8H,3-5,10-11H2,1-2H3,(H,22,23). The van der Waals surface area contributed by atoms with Gasteiger partial charge in [-0.2, -0.15) is 5.26 Å². The first-order chi connectivity index (χ1) is 13.0. The smallest absolute Gasteiger partial charge is 0.344 e. The predicted octanol–water partition coefficient (Wildman–Crippen LogP) is 3.29. The molecular formula is C20H20N2O4S. The highest BCUT2D eigenvalue weighted by atomic mass is 32.1. The second-order valence-corrected chi connectivity index (χ2v) is 7.60. The molecule has 0 aliphatic heterocycles. The van der Waals surface area contributed by atoms with Crippen molar-refractivity contribution < 1.29 is 19.1 Å². The zero-order chi connectivity index (χ0) is 19.4. The van der Waals surface area contributed by atoms with Crippen molar-refractivity contribution in [3.63, 3.8) is 0 Å². The first-order valence-corrected chi connectivity index (χ1v) is 9.49. The third-order valence-electron chi connectivity index (χ3n) is 4.20. The lowest BCUT2D eigenvalue weighted by atomic mass is 10.1. The number of hydrogen-bond acceptors (Lipinski definition) is 6. The summed E-state index contributed by atoms with van der Waals surface area (Å²) in [6.45, 7) is 3.20. The molecule has 0 fully saturated rings. The molecule has 0 atom stereocenters. The first-order valence-electron chi connectivity index (χ1n) is 8.67. The molecule has 1 aromatic heterocycles. The molecule has 2 aromatic rings. The molecule has 0 spiro atoms. The number of aryl methyl sites for hydroxylation is 3. The fraction of sp³-hybridized carbons (Fsp3) is 0.350. The van der Waals surface area contributed by atoms with Gasteiger partial charge in [-0.05, 0) is 61.9 Å². The maximum absolute atomic E-state index is 12.0. The Kier molecular flexibility index (Phi) is 5.77. The highest BCUT2D eigenvalue weighted by Gasteiger charge is 2.23. The number of benzene rings is 1. The maximum atomic E-state index is 12.0. The van der Waals surface area contributed by atoms with Crippen molar-refractivity contribution in [3.05, 3.63) is 45.3 Å². The van der Waals surface area contributed by atoms with Crippen molar-refractivity contribution in [1.82, 2.24) is 0 Å². The van der Waals surface area contributed by atoms with E-state index in [1.165, 1.54) is 11.3 Å². The number of rotatable bonds is 6. The lowest BCUT2D eigenvalue weighted by Crippen LogP contribution is -2.23. The average molecular weight is 384 g/mol. The van der Waals surface area contributed by atoms with Crippen LogP contribution in [0.25, 0.3) is 0 Å². The van der Waals surface area contributed by atoms with Gasteiger partial charge in [-0.25, -0.2) is 4.79 Å². The van der Waals surface area contributed by atoms with Gasteiger partial charge in [0.25, 0.3) is 5.91 Å². The molecule has 1 aliphatic carbocycles. The van der Waals surface area contributed by atoms with Crippen LogP contribution >= 0.6 is 11.3 Å². The van der Waals surface area contributed by atoms with Crippen LogP contribution in [-0.4, -0.2) is 25.1 Å². The van der Waals surface area contributed by atoms with Crippen LogP contribution in [0.15, 0.2) is 18.2 Å².